The minimum atomic E-state index is -1.70. The largest absolute Gasteiger partial charge is 0.396 e. The predicted molar refractivity (Wildman–Crippen MR) is 127 cm³/mol. The third-order valence-corrected chi connectivity index (χ3v) is 6.74. The first-order chi connectivity index (χ1) is 15.4. The van der Waals surface area contributed by atoms with Gasteiger partial charge in [-0.05, 0) is 48.7 Å². The Morgan fingerprint density at radius 1 is 1.22 bits per heavy atom. The average molecular weight is 499 g/mol. The van der Waals surface area contributed by atoms with E-state index >= 15 is 0 Å². The number of amides is 2. The molecule has 2 atom stereocenters. The van der Waals surface area contributed by atoms with Crippen molar-refractivity contribution in [3.05, 3.63) is 70.2 Å². The number of halogens is 1. The van der Waals surface area contributed by atoms with Gasteiger partial charge in [0, 0.05) is 41.2 Å². The summed E-state index contributed by atoms with van der Waals surface area (Å²) in [6.07, 6.45) is 5.44. The molecular formula is C25H27BrN2O4. The quantitative estimate of drug-likeness (QED) is 0.567. The van der Waals surface area contributed by atoms with Crippen LogP contribution in [0.25, 0.3) is 0 Å². The highest BCUT2D eigenvalue weighted by Gasteiger charge is 2.52. The third-order valence-electron chi connectivity index (χ3n) is 6.25. The van der Waals surface area contributed by atoms with Crippen LogP contribution in [0.2, 0.25) is 0 Å². The molecule has 0 aromatic heterocycles. The molecule has 0 bridgehead atoms. The third kappa shape index (κ3) is 4.00. The molecule has 4 rings (SSSR count). The molecule has 1 saturated heterocycles. The molecule has 32 heavy (non-hydrogen) atoms. The van der Waals surface area contributed by atoms with Crippen LogP contribution in [0.15, 0.2) is 59.1 Å². The van der Waals surface area contributed by atoms with Gasteiger partial charge in [0.1, 0.15) is 0 Å². The lowest BCUT2D eigenvalue weighted by atomic mass is 9.83. The van der Waals surface area contributed by atoms with Crippen molar-refractivity contribution >= 4 is 39.1 Å². The average Bonchev–Trinajstić information content (AvgIpc) is 3.30. The van der Waals surface area contributed by atoms with Gasteiger partial charge in [0.15, 0.2) is 5.60 Å². The summed E-state index contributed by atoms with van der Waals surface area (Å²) in [4.78, 5) is 29.1. The zero-order valence-electron chi connectivity index (χ0n) is 18.0. The molecule has 1 fully saturated rings. The highest BCUT2D eigenvalue weighted by molar-refractivity contribution is 9.10. The molecule has 0 unspecified atom stereocenters. The lowest BCUT2D eigenvalue weighted by Crippen LogP contribution is -2.44. The number of carbonyl (C=O) groups excluding carboxylic acids is 2. The number of aliphatic hydroxyl groups is 2. The fraction of sp³-hybridized carbons (Fsp3) is 0.360. The fourth-order valence-electron chi connectivity index (χ4n) is 4.52. The zero-order valence-corrected chi connectivity index (χ0v) is 19.6. The number of nitrogens with zero attached hydrogens (tertiary/aromatic N) is 2. The van der Waals surface area contributed by atoms with Crippen LogP contribution >= 0.6 is 15.9 Å². The Morgan fingerprint density at radius 3 is 2.75 bits per heavy atom. The second kappa shape index (κ2) is 9.17. The van der Waals surface area contributed by atoms with Crippen molar-refractivity contribution in [3.63, 3.8) is 0 Å². The summed E-state index contributed by atoms with van der Waals surface area (Å²) in [5.41, 5.74) is 1.25. The molecule has 6 nitrogen and oxygen atoms in total. The van der Waals surface area contributed by atoms with Crippen molar-refractivity contribution in [1.82, 2.24) is 0 Å². The van der Waals surface area contributed by atoms with Crippen LogP contribution in [0.4, 0.5) is 11.4 Å². The standard InChI is InChI=1S/C25H27BrN2O4/c1-17(6-2-3-13-29)25(32)21-15-19(26)10-11-22(21)28(24(25)31)16-18-7-4-8-20(14-18)27-12-5-9-23(27)30/h2,4,6-8,10-11,14-15,17,29,32H,3,5,9,12-13,16H2,1H3/b6-2+/t17-,25+/m0/s1. The Balaban J connectivity index is 1.67. The van der Waals surface area contributed by atoms with Crippen molar-refractivity contribution in [2.24, 2.45) is 5.92 Å². The molecule has 2 aromatic carbocycles. The Morgan fingerprint density at radius 2 is 2.03 bits per heavy atom. The minimum Gasteiger partial charge on any atom is -0.396 e. The van der Waals surface area contributed by atoms with Crippen molar-refractivity contribution in [2.75, 3.05) is 23.0 Å². The summed E-state index contributed by atoms with van der Waals surface area (Å²) in [5, 5.41) is 20.7. The maximum atomic E-state index is 13.6. The van der Waals surface area contributed by atoms with Gasteiger partial charge in [-0.3, -0.25) is 9.59 Å². The first kappa shape index (κ1) is 22.7. The minimum absolute atomic E-state index is 0.0136. The summed E-state index contributed by atoms with van der Waals surface area (Å²) in [6.45, 7) is 2.82. The molecule has 0 saturated carbocycles. The smallest absolute Gasteiger partial charge is 0.264 e. The lowest BCUT2D eigenvalue weighted by Gasteiger charge is -2.28. The van der Waals surface area contributed by atoms with E-state index in [0.717, 1.165) is 22.1 Å². The molecule has 2 heterocycles. The van der Waals surface area contributed by atoms with E-state index in [1.165, 1.54) is 0 Å². The number of hydrogen-bond donors (Lipinski definition) is 2. The summed E-state index contributed by atoms with van der Waals surface area (Å²) in [6, 6.07) is 13.2. The zero-order chi connectivity index (χ0) is 22.9. The number of fused-ring (bicyclic) bond motifs is 1. The van der Waals surface area contributed by atoms with E-state index in [9.17, 15) is 14.7 Å². The normalized spacial score (nSPS) is 21.6. The molecule has 0 spiro atoms. The molecule has 2 aliphatic rings. The van der Waals surface area contributed by atoms with Crippen molar-refractivity contribution in [3.8, 4) is 0 Å². The van der Waals surface area contributed by atoms with E-state index in [-0.39, 0.29) is 18.4 Å². The van der Waals surface area contributed by atoms with Crippen molar-refractivity contribution in [2.45, 2.75) is 38.3 Å². The number of rotatable bonds is 7. The Bertz CT molecular complexity index is 1070. The summed E-state index contributed by atoms with van der Waals surface area (Å²) in [7, 11) is 0. The van der Waals surface area contributed by atoms with E-state index in [2.05, 4.69) is 15.9 Å². The van der Waals surface area contributed by atoms with Crippen molar-refractivity contribution in [1.29, 1.82) is 0 Å². The van der Waals surface area contributed by atoms with E-state index in [1.807, 2.05) is 36.4 Å². The maximum absolute atomic E-state index is 13.6. The van der Waals surface area contributed by atoms with Crippen molar-refractivity contribution < 1.29 is 19.8 Å². The number of carbonyl (C=O) groups is 2. The van der Waals surface area contributed by atoms with Gasteiger partial charge in [0.05, 0.1) is 12.2 Å². The first-order valence-electron chi connectivity index (χ1n) is 10.9. The monoisotopic (exact) mass is 498 g/mol. The number of anilines is 2. The number of benzene rings is 2. The van der Waals surface area contributed by atoms with Crippen LogP contribution < -0.4 is 9.80 Å². The highest BCUT2D eigenvalue weighted by atomic mass is 79.9. The van der Waals surface area contributed by atoms with Gasteiger partial charge < -0.3 is 20.0 Å². The fourth-order valence-corrected chi connectivity index (χ4v) is 4.88. The SMILES string of the molecule is C[C@@H](/C=C/CCO)[C@]1(O)C(=O)N(Cc2cccc(N3CCCC3=O)c2)c2ccc(Br)cc21. The molecule has 2 aromatic rings. The molecule has 7 heteroatoms. The molecule has 0 aliphatic carbocycles. The summed E-state index contributed by atoms with van der Waals surface area (Å²) < 4.78 is 0.783. The van der Waals surface area contributed by atoms with Crippen LogP contribution in [0.3, 0.4) is 0 Å². The Kier molecular flexibility index (Phi) is 6.51. The van der Waals surface area contributed by atoms with Gasteiger partial charge in [0.2, 0.25) is 5.91 Å². The predicted octanol–water partition coefficient (Wildman–Crippen LogP) is 3.89. The van der Waals surface area contributed by atoms with Gasteiger partial charge in [-0.15, -0.1) is 0 Å². The van der Waals surface area contributed by atoms with Gasteiger partial charge in [-0.1, -0.05) is 47.1 Å². The van der Waals surface area contributed by atoms with E-state index < -0.39 is 11.5 Å². The van der Waals surface area contributed by atoms with Gasteiger partial charge in [-0.25, -0.2) is 0 Å². The van der Waals surface area contributed by atoms with Gasteiger partial charge in [-0.2, -0.15) is 0 Å². The van der Waals surface area contributed by atoms with Gasteiger partial charge in [0.25, 0.3) is 5.91 Å². The highest BCUT2D eigenvalue weighted by Crippen LogP contribution is 2.46. The first-order valence-corrected chi connectivity index (χ1v) is 11.7. The van der Waals surface area contributed by atoms with Crippen LogP contribution in [-0.2, 0) is 21.7 Å². The topological polar surface area (TPSA) is 81.1 Å². The molecular weight excluding hydrogens is 472 g/mol. The maximum Gasteiger partial charge on any atom is 0.264 e. The van der Waals surface area contributed by atoms with Crippen LogP contribution in [0, 0.1) is 5.92 Å². The molecule has 2 aliphatic heterocycles. The van der Waals surface area contributed by atoms with Crippen LogP contribution in [0.5, 0.6) is 0 Å². The molecule has 0 radical (unpaired) electrons. The van der Waals surface area contributed by atoms with Crippen LogP contribution in [0.1, 0.15) is 37.3 Å². The number of hydrogen-bond acceptors (Lipinski definition) is 4. The number of aliphatic hydroxyl groups excluding tert-OH is 1. The second-order valence-corrected chi connectivity index (χ2v) is 9.28. The Labute approximate surface area is 196 Å². The molecule has 2 N–H and O–H groups in total. The Hall–Kier alpha value is -2.48. The van der Waals surface area contributed by atoms with E-state index in [0.29, 0.717) is 37.2 Å². The second-order valence-electron chi connectivity index (χ2n) is 8.37. The lowest BCUT2D eigenvalue weighted by molar-refractivity contribution is -0.139. The van der Waals surface area contributed by atoms with Crippen LogP contribution in [-0.4, -0.2) is 35.2 Å². The molecule has 168 valence electrons. The summed E-state index contributed by atoms with van der Waals surface area (Å²) in [5.74, 6) is -0.741. The van der Waals surface area contributed by atoms with E-state index in [1.54, 1.807) is 34.9 Å². The van der Waals surface area contributed by atoms with Gasteiger partial charge >= 0.3 is 0 Å². The summed E-state index contributed by atoms with van der Waals surface area (Å²) >= 11 is 3.46. The van der Waals surface area contributed by atoms with E-state index in [4.69, 9.17) is 5.11 Å². The molecule has 2 amide bonds.